The van der Waals surface area contributed by atoms with Crippen LogP contribution in [-0.2, 0) is 6.54 Å². The summed E-state index contributed by atoms with van der Waals surface area (Å²) in [7, 11) is 1.51. The first kappa shape index (κ1) is 27.9. The number of benzene rings is 2. The van der Waals surface area contributed by atoms with Gasteiger partial charge in [0.2, 0.25) is 0 Å². The van der Waals surface area contributed by atoms with E-state index >= 15 is 0 Å². The monoisotopic (exact) mass is 498 g/mol. The van der Waals surface area contributed by atoms with Gasteiger partial charge in [0.15, 0.2) is 5.00 Å². The minimum atomic E-state index is -4.58. The molecule has 1 saturated heterocycles. The number of hydrogen-bond donors (Lipinski definition) is 1. The van der Waals surface area contributed by atoms with Gasteiger partial charge < -0.3 is 10.1 Å². The van der Waals surface area contributed by atoms with Crippen molar-refractivity contribution in [2.45, 2.75) is 49.6 Å². The number of rotatable bonds is 6. The molecule has 3 nitrogen and oxygen atoms in total. The lowest BCUT2D eigenvalue weighted by atomic mass is 9.93. The maximum Gasteiger partial charge on any atom is 0.420 e. The van der Waals surface area contributed by atoms with Crippen molar-refractivity contribution in [3.63, 3.8) is 0 Å². The van der Waals surface area contributed by atoms with Crippen molar-refractivity contribution in [2.75, 3.05) is 13.7 Å². The van der Waals surface area contributed by atoms with E-state index in [1.165, 1.54) is 12.0 Å². The molecule has 1 aliphatic rings. The predicted molar refractivity (Wildman–Crippen MR) is 124 cm³/mol. The largest absolute Gasteiger partial charge is 0.496 e. The van der Waals surface area contributed by atoms with E-state index in [0.29, 0.717) is 24.3 Å². The quantitative estimate of drug-likeness (QED) is 0.370. The van der Waals surface area contributed by atoms with Gasteiger partial charge in [-0.2, -0.15) is 13.2 Å². The minimum absolute atomic E-state index is 0. The zero-order valence-corrected chi connectivity index (χ0v) is 19.8. The molecule has 3 atom stereocenters. The highest BCUT2D eigenvalue weighted by Crippen LogP contribution is 2.43. The van der Waals surface area contributed by atoms with Gasteiger partial charge >= 0.3 is 6.18 Å². The van der Waals surface area contributed by atoms with Crippen molar-refractivity contribution in [3.8, 4) is 5.75 Å². The Morgan fingerprint density at radius 1 is 1.03 bits per heavy atom. The van der Waals surface area contributed by atoms with E-state index < -0.39 is 11.2 Å². The average molecular weight is 500 g/mol. The van der Waals surface area contributed by atoms with E-state index in [2.05, 4.69) is 5.32 Å². The predicted octanol–water partition coefficient (Wildman–Crippen LogP) is 6.35. The first-order chi connectivity index (χ1) is 13.7. The molecule has 1 N–H and O–H groups in total. The Balaban J connectivity index is 0.00000240. The van der Waals surface area contributed by atoms with Gasteiger partial charge in [-0.05, 0) is 31.4 Å². The van der Waals surface area contributed by atoms with Gasteiger partial charge in [0.25, 0.3) is 0 Å². The number of ether oxygens (including phenoxy) is 1. The molecule has 0 amide bonds. The van der Waals surface area contributed by atoms with Crippen LogP contribution >= 0.6 is 36.4 Å². The van der Waals surface area contributed by atoms with Crippen LogP contribution in [0.3, 0.4) is 0 Å². The zero-order valence-electron chi connectivity index (χ0n) is 17.4. The normalized spacial score (nSPS) is 20.9. The molecule has 2 aromatic rings. The Morgan fingerprint density at radius 3 is 2.19 bits per heavy atom. The lowest BCUT2D eigenvalue weighted by molar-refractivity contribution is -0.205. The van der Waals surface area contributed by atoms with Crippen LogP contribution in [0.25, 0.3) is 0 Å². The van der Waals surface area contributed by atoms with E-state index in [4.69, 9.17) is 16.3 Å². The number of methoxy groups -OCH3 is 1. The first-order valence-electron chi connectivity index (χ1n) is 9.66. The van der Waals surface area contributed by atoms with Gasteiger partial charge in [0.1, 0.15) is 5.75 Å². The maximum absolute atomic E-state index is 13.8. The van der Waals surface area contributed by atoms with Crippen LogP contribution in [0.1, 0.15) is 36.9 Å². The molecule has 174 valence electrons. The van der Waals surface area contributed by atoms with Crippen LogP contribution in [-0.4, -0.2) is 35.8 Å². The zero-order chi connectivity index (χ0) is 21.1. The summed E-state index contributed by atoms with van der Waals surface area (Å²) in [6.07, 6.45) is -3.23. The second-order valence-corrected chi connectivity index (χ2v) is 8.23. The van der Waals surface area contributed by atoms with Crippen LogP contribution in [0, 0.1) is 0 Å². The number of nitrogens with one attached hydrogen (secondary N) is 1. The third-order valence-electron chi connectivity index (χ3n) is 5.62. The fourth-order valence-corrected chi connectivity index (χ4v) is 4.08. The van der Waals surface area contributed by atoms with Crippen molar-refractivity contribution in [2.24, 2.45) is 0 Å². The van der Waals surface area contributed by atoms with Crippen molar-refractivity contribution < 1.29 is 17.9 Å². The van der Waals surface area contributed by atoms with Crippen molar-refractivity contribution >= 4 is 36.4 Å². The number of piperidine rings is 1. The fourth-order valence-electron chi connectivity index (χ4n) is 3.88. The van der Waals surface area contributed by atoms with Crippen LogP contribution in [0.5, 0.6) is 5.75 Å². The Labute approximate surface area is 199 Å². The fraction of sp³-hybridized carbons (Fsp3) is 0.455. The van der Waals surface area contributed by atoms with Crippen LogP contribution < -0.4 is 10.1 Å². The van der Waals surface area contributed by atoms with Gasteiger partial charge in [-0.3, -0.25) is 4.90 Å². The van der Waals surface area contributed by atoms with Crippen molar-refractivity contribution in [1.29, 1.82) is 0 Å². The molecule has 0 bridgehead atoms. The molecule has 1 aliphatic heterocycles. The standard InChI is InChI=1S/C22H26ClF3N2O.2ClH/c1-21(23,22(24,25)26)28(15-17-10-6-7-11-20(17)29-2)18-12-13-19(27-14-18)16-8-4-3-5-9-16;;/h3-11,18-19,27H,12-15H2,1-2H3;2*1H. The van der Waals surface area contributed by atoms with Crippen LogP contribution in [0.4, 0.5) is 13.2 Å². The molecule has 9 heteroatoms. The summed E-state index contributed by atoms with van der Waals surface area (Å²) in [5.74, 6) is 0.554. The summed E-state index contributed by atoms with van der Waals surface area (Å²) in [6, 6.07) is 16.8. The molecular weight excluding hydrogens is 472 g/mol. The summed E-state index contributed by atoms with van der Waals surface area (Å²) >= 11 is 6.14. The highest BCUT2D eigenvalue weighted by molar-refractivity contribution is 6.24. The molecule has 31 heavy (non-hydrogen) atoms. The number of hydrogen-bond acceptors (Lipinski definition) is 3. The Kier molecular flexibility index (Phi) is 10.4. The van der Waals surface area contributed by atoms with E-state index in [1.807, 2.05) is 30.3 Å². The van der Waals surface area contributed by atoms with E-state index in [-0.39, 0.29) is 43.4 Å². The molecule has 0 spiro atoms. The number of halogens is 6. The number of para-hydroxylation sites is 1. The Morgan fingerprint density at radius 2 is 1.65 bits per heavy atom. The minimum Gasteiger partial charge on any atom is -0.496 e. The average Bonchev–Trinajstić information content (AvgIpc) is 2.72. The summed E-state index contributed by atoms with van der Waals surface area (Å²) in [5, 5.41) is 3.40. The highest BCUT2D eigenvalue weighted by Gasteiger charge is 2.55. The summed E-state index contributed by atoms with van der Waals surface area (Å²) in [6.45, 7) is 1.51. The lowest BCUT2D eigenvalue weighted by Gasteiger charge is -2.45. The van der Waals surface area contributed by atoms with Gasteiger partial charge in [0, 0.05) is 30.7 Å². The van der Waals surface area contributed by atoms with Gasteiger partial charge in [-0.1, -0.05) is 60.1 Å². The molecule has 0 aromatic heterocycles. The van der Waals surface area contributed by atoms with E-state index in [1.54, 1.807) is 24.3 Å². The first-order valence-corrected chi connectivity index (χ1v) is 10.0. The Bertz CT molecular complexity index is 798. The smallest absolute Gasteiger partial charge is 0.420 e. The molecule has 3 rings (SSSR count). The lowest BCUT2D eigenvalue weighted by Crippen LogP contribution is -2.59. The second kappa shape index (κ2) is 11.6. The summed E-state index contributed by atoms with van der Waals surface area (Å²) < 4.78 is 46.9. The molecule has 1 fully saturated rings. The van der Waals surface area contributed by atoms with E-state index in [9.17, 15) is 13.2 Å². The molecule has 0 radical (unpaired) electrons. The highest BCUT2D eigenvalue weighted by atomic mass is 35.5. The Hall–Kier alpha value is -1.18. The molecular formula is C22H28Cl3F3N2O. The second-order valence-electron chi connectivity index (χ2n) is 7.49. The molecule has 3 unspecified atom stereocenters. The van der Waals surface area contributed by atoms with Crippen molar-refractivity contribution in [1.82, 2.24) is 10.2 Å². The van der Waals surface area contributed by atoms with E-state index in [0.717, 1.165) is 18.9 Å². The molecule has 0 aliphatic carbocycles. The van der Waals surface area contributed by atoms with Gasteiger partial charge in [0.05, 0.1) is 7.11 Å². The third kappa shape index (κ3) is 6.42. The number of nitrogens with zero attached hydrogens (tertiary/aromatic N) is 1. The summed E-state index contributed by atoms with van der Waals surface area (Å²) in [4.78, 5) is -1.14. The summed E-state index contributed by atoms with van der Waals surface area (Å²) in [5.41, 5.74) is 1.82. The maximum atomic E-state index is 13.8. The molecule has 0 saturated carbocycles. The molecule has 1 heterocycles. The van der Waals surface area contributed by atoms with Gasteiger partial charge in [-0.25, -0.2) is 0 Å². The van der Waals surface area contributed by atoms with Crippen molar-refractivity contribution in [3.05, 3.63) is 65.7 Å². The van der Waals surface area contributed by atoms with Crippen LogP contribution in [0.15, 0.2) is 54.6 Å². The van der Waals surface area contributed by atoms with Gasteiger partial charge in [-0.15, -0.1) is 24.8 Å². The SMILES string of the molecule is COc1ccccc1CN(C1CCC(c2ccccc2)NC1)C(C)(Cl)C(F)(F)F.Cl.Cl. The molecule has 2 aromatic carbocycles. The van der Waals surface area contributed by atoms with Crippen LogP contribution in [0.2, 0.25) is 0 Å². The topological polar surface area (TPSA) is 24.5 Å². The number of alkyl halides is 4. The third-order valence-corrected chi connectivity index (χ3v) is 6.05.